The number of carbonyl (C=O) groups is 1. The van der Waals surface area contributed by atoms with Gasteiger partial charge in [-0.05, 0) is 30.3 Å². The van der Waals surface area contributed by atoms with Crippen molar-refractivity contribution in [1.29, 1.82) is 0 Å². The van der Waals surface area contributed by atoms with E-state index in [2.05, 4.69) is 14.9 Å². The number of benzene rings is 2. The number of piperazine rings is 1. The molecular formula is C22H20N4O3. The van der Waals surface area contributed by atoms with Crippen LogP contribution in [0, 0.1) is 0 Å². The molecule has 146 valence electrons. The third kappa shape index (κ3) is 3.47. The summed E-state index contributed by atoms with van der Waals surface area (Å²) in [5, 5.41) is 2.03. The quantitative estimate of drug-likeness (QED) is 0.535. The SMILES string of the molecule is O=C(COc1ccc2oc3ccccc3c2c1)N1CCN(c2ncccn2)CC1. The summed E-state index contributed by atoms with van der Waals surface area (Å²) in [5.74, 6) is 1.35. The highest BCUT2D eigenvalue weighted by Crippen LogP contribution is 2.31. The maximum absolute atomic E-state index is 12.6. The van der Waals surface area contributed by atoms with Gasteiger partial charge in [-0.25, -0.2) is 9.97 Å². The first-order valence-corrected chi connectivity index (χ1v) is 9.62. The fraction of sp³-hybridized carbons (Fsp3) is 0.227. The second-order valence-electron chi connectivity index (χ2n) is 6.96. The number of carbonyl (C=O) groups excluding carboxylic acids is 1. The van der Waals surface area contributed by atoms with Crippen LogP contribution < -0.4 is 9.64 Å². The van der Waals surface area contributed by atoms with Crippen molar-refractivity contribution in [2.75, 3.05) is 37.7 Å². The smallest absolute Gasteiger partial charge is 0.260 e. The molecular weight excluding hydrogens is 368 g/mol. The Labute approximate surface area is 167 Å². The van der Waals surface area contributed by atoms with Crippen molar-refractivity contribution in [1.82, 2.24) is 14.9 Å². The Hall–Kier alpha value is -3.61. The van der Waals surface area contributed by atoms with Gasteiger partial charge in [0.15, 0.2) is 6.61 Å². The molecule has 29 heavy (non-hydrogen) atoms. The zero-order valence-corrected chi connectivity index (χ0v) is 15.8. The lowest BCUT2D eigenvalue weighted by Gasteiger charge is -2.34. The van der Waals surface area contributed by atoms with E-state index < -0.39 is 0 Å². The second kappa shape index (κ2) is 7.43. The number of aromatic nitrogens is 2. The molecule has 0 radical (unpaired) electrons. The Kier molecular flexibility index (Phi) is 4.48. The molecule has 0 N–H and O–H groups in total. The first kappa shape index (κ1) is 17.5. The van der Waals surface area contributed by atoms with Crippen molar-refractivity contribution in [3.05, 3.63) is 60.9 Å². The van der Waals surface area contributed by atoms with E-state index in [1.165, 1.54) is 0 Å². The average Bonchev–Trinajstić information content (AvgIpc) is 3.16. The van der Waals surface area contributed by atoms with E-state index in [1.54, 1.807) is 18.5 Å². The van der Waals surface area contributed by atoms with E-state index in [0.717, 1.165) is 21.9 Å². The number of rotatable bonds is 4. The topological polar surface area (TPSA) is 71.7 Å². The molecule has 0 saturated carbocycles. The number of hydrogen-bond donors (Lipinski definition) is 0. The van der Waals surface area contributed by atoms with Crippen LogP contribution in [0.15, 0.2) is 65.3 Å². The van der Waals surface area contributed by atoms with Gasteiger partial charge >= 0.3 is 0 Å². The Morgan fingerprint density at radius 3 is 2.52 bits per heavy atom. The summed E-state index contributed by atoms with van der Waals surface area (Å²) in [6.07, 6.45) is 3.46. The van der Waals surface area contributed by atoms with Crippen molar-refractivity contribution >= 4 is 33.8 Å². The number of ether oxygens (including phenoxy) is 1. The van der Waals surface area contributed by atoms with Crippen LogP contribution >= 0.6 is 0 Å². The zero-order valence-electron chi connectivity index (χ0n) is 15.8. The van der Waals surface area contributed by atoms with Crippen LogP contribution in [-0.2, 0) is 4.79 Å². The molecule has 0 atom stereocenters. The van der Waals surface area contributed by atoms with Gasteiger partial charge < -0.3 is 19.0 Å². The lowest BCUT2D eigenvalue weighted by molar-refractivity contribution is -0.133. The van der Waals surface area contributed by atoms with Crippen LogP contribution in [0.3, 0.4) is 0 Å². The van der Waals surface area contributed by atoms with E-state index in [9.17, 15) is 4.79 Å². The summed E-state index contributed by atoms with van der Waals surface area (Å²) >= 11 is 0. The number of hydrogen-bond acceptors (Lipinski definition) is 6. The van der Waals surface area contributed by atoms with E-state index in [4.69, 9.17) is 9.15 Å². The zero-order chi connectivity index (χ0) is 19.6. The Bertz CT molecular complexity index is 1150. The van der Waals surface area contributed by atoms with Crippen LogP contribution in [0.5, 0.6) is 5.75 Å². The van der Waals surface area contributed by atoms with Gasteiger partial charge in [0, 0.05) is 49.3 Å². The van der Waals surface area contributed by atoms with Crippen LogP contribution in [0.1, 0.15) is 0 Å². The summed E-state index contributed by atoms with van der Waals surface area (Å²) in [6.45, 7) is 2.70. The van der Waals surface area contributed by atoms with E-state index in [-0.39, 0.29) is 12.5 Å². The van der Waals surface area contributed by atoms with Gasteiger partial charge in [0.05, 0.1) is 0 Å². The molecule has 1 aliphatic heterocycles. The molecule has 0 aliphatic carbocycles. The summed E-state index contributed by atoms with van der Waals surface area (Å²) in [7, 11) is 0. The van der Waals surface area contributed by atoms with Gasteiger partial charge in [-0.15, -0.1) is 0 Å². The second-order valence-corrected chi connectivity index (χ2v) is 6.96. The Balaban J connectivity index is 1.21. The van der Waals surface area contributed by atoms with Crippen molar-refractivity contribution in [3.8, 4) is 5.75 Å². The molecule has 2 aromatic carbocycles. The van der Waals surface area contributed by atoms with Gasteiger partial charge in [0.1, 0.15) is 16.9 Å². The fourth-order valence-electron chi connectivity index (χ4n) is 3.64. The minimum absolute atomic E-state index is 0.0170. The molecule has 0 unspecified atom stereocenters. The number of para-hydroxylation sites is 1. The lowest BCUT2D eigenvalue weighted by Crippen LogP contribution is -2.50. The molecule has 7 heteroatoms. The highest BCUT2D eigenvalue weighted by atomic mass is 16.5. The monoisotopic (exact) mass is 388 g/mol. The highest BCUT2D eigenvalue weighted by Gasteiger charge is 2.22. The van der Waals surface area contributed by atoms with E-state index in [0.29, 0.717) is 37.9 Å². The first-order valence-electron chi connectivity index (χ1n) is 9.62. The van der Waals surface area contributed by atoms with E-state index in [1.807, 2.05) is 47.4 Å². The number of anilines is 1. The van der Waals surface area contributed by atoms with Crippen molar-refractivity contribution in [3.63, 3.8) is 0 Å². The largest absolute Gasteiger partial charge is 0.484 e. The van der Waals surface area contributed by atoms with Gasteiger partial charge in [-0.2, -0.15) is 0 Å². The fourth-order valence-corrected chi connectivity index (χ4v) is 3.64. The number of nitrogens with zero attached hydrogens (tertiary/aromatic N) is 4. The average molecular weight is 388 g/mol. The first-order chi connectivity index (χ1) is 14.3. The summed E-state index contributed by atoms with van der Waals surface area (Å²) in [6, 6.07) is 15.3. The third-order valence-electron chi connectivity index (χ3n) is 5.18. The Morgan fingerprint density at radius 2 is 1.69 bits per heavy atom. The van der Waals surface area contributed by atoms with Crippen LogP contribution in [0.2, 0.25) is 0 Å². The van der Waals surface area contributed by atoms with Crippen molar-refractivity contribution in [2.45, 2.75) is 0 Å². The molecule has 0 bridgehead atoms. The molecule has 1 saturated heterocycles. The number of amides is 1. The predicted octanol–water partition coefficient (Wildman–Crippen LogP) is 3.10. The normalized spacial score (nSPS) is 14.5. The standard InChI is InChI=1S/C22H20N4O3/c27-21(25-10-12-26(13-11-25)22-23-8-3-9-24-22)15-28-16-6-7-20-18(14-16)17-4-1-2-5-19(17)29-20/h1-9,14H,10-13,15H2. The van der Waals surface area contributed by atoms with Crippen LogP contribution in [0.25, 0.3) is 21.9 Å². The number of furan rings is 1. The van der Waals surface area contributed by atoms with Gasteiger partial charge in [-0.1, -0.05) is 18.2 Å². The molecule has 4 aromatic rings. The molecule has 0 spiro atoms. The molecule has 2 aromatic heterocycles. The maximum Gasteiger partial charge on any atom is 0.260 e. The molecule has 1 aliphatic rings. The predicted molar refractivity (Wildman–Crippen MR) is 110 cm³/mol. The van der Waals surface area contributed by atoms with Gasteiger partial charge in [0.25, 0.3) is 5.91 Å². The van der Waals surface area contributed by atoms with Crippen LogP contribution in [-0.4, -0.2) is 53.6 Å². The Morgan fingerprint density at radius 1 is 0.931 bits per heavy atom. The molecule has 5 rings (SSSR count). The lowest BCUT2D eigenvalue weighted by atomic mass is 10.1. The van der Waals surface area contributed by atoms with E-state index >= 15 is 0 Å². The highest BCUT2D eigenvalue weighted by molar-refractivity contribution is 6.05. The van der Waals surface area contributed by atoms with Crippen molar-refractivity contribution < 1.29 is 13.9 Å². The summed E-state index contributed by atoms with van der Waals surface area (Å²) < 4.78 is 11.6. The molecule has 1 amide bonds. The third-order valence-corrected chi connectivity index (χ3v) is 5.18. The minimum Gasteiger partial charge on any atom is -0.484 e. The minimum atomic E-state index is -0.0178. The number of fused-ring (bicyclic) bond motifs is 3. The maximum atomic E-state index is 12.6. The molecule has 7 nitrogen and oxygen atoms in total. The van der Waals surface area contributed by atoms with Crippen LogP contribution in [0.4, 0.5) is 5.95 Å². The van der Waals surface area contributed by atoms with Gasteiger partial charge in [-0.3, -0.25) is 4.79 Å². The molecule has 1 fully saturated rings. The summed E-state index contributed by atoms with van der Waals surface area (Å²) in [5.41, 5.74) is 1.65. The molecule has 3 heterocycles. The summed E-state index contributed by atoms with van der Waals surface area (Å²) in [4.78, 5) is 25.0. The van der Waals surface area contributed by atoms with Crippen molar-refractivity contribution in [2.24, 2.45) is 0 Å². The van der Waals surface area contributed by atoms with Gasteiger partial charge in [0.2, 0.25) is 5.95 Å².